The average Bonchev–Trinajstić information content (AvgIpc) is 2.29. The Labute approximate surface area is 113 Å². The van der Waals surface area contributed by atoms with Gasteiger partial charge in [-0.25, -0.2) is 8.37 Å². The molecule has 0 heterocycles. The predicted molar refractivity (Wildman–Crippen MR) is 58.0 cm³/mol. The third-order valence-corrected chi connectivity index (χ3v) is 2.73. The van der Waals surface area contributed by atoms with Crippen LogP contribution in [-0.2, 0) is 34.0 Å². The summed E-state index contributed by atoms with van der Waals surface area (Å²) >= 11 is 0. The van der Waals surface area contributed by atoms with Gasteiger partial charge in [0.05, 0.1) is 6.61 Å². The normalized spacial score (nSPS) is 19.1. The molecule has 0 aliphatic heterocycles. The van der Waals surface area contributed by atoms with E-state index >= 15 is 0 Å². The van der Waals surface area contributed by atoms with E-state index in [9.17, 15) is 31.8 Å². The van der Waals surface area contributed by atoms with Gasteiger partial charge in [0.1, 0.15) is 24.4 Å². The van der Waals surface area contributed by atoms with Gasteiger partial charge in [-0.05, 0) is 0 Å². The van der Waals surface area contributed by atoms with Gasteiger partial charge in [0, 0.05) is 0 Å². The van der Waals surface area contributed by atoms with E-state index in [0.717, 1.165) is 0 Å². The Morgan fingerprint density at radius 3 is 1.85 bits per heavy atom. The molecule has 0 unspecified atom stereocenters. The van der Waals surface area contributed by atoms with E-state index < -0.39 is 51.8 Å². The predicted octanol–water partition coefficient (Wildman–Crippen LogP) is -3.72. The molecule has 0 rings (SSSR count). The molecule has 0 saturated heterocycles. The number of hydrogen-bond donors (Lipinski definition) is 5. The van der Waals surface area contributed by atoms with Crippen molar-refractivity contribution >= 4 is 27.1 Å². The van der Waals surface area contributed by atoms with Crippen LogP contribution in [0.1, 0.15) is 0 Å². The van der Waals surface area contributed by atoms with Gasteiger partial charge in [0.15, 0.2) is 6.29 Å². The summed E-state index contributed by atoms with van der Waals surface area (Å²) in [7, 11) is -10.1. The third kappa shape index (κ3) is 7.78. The van der Waals surface area contributed by atoms with E-state index in [-0.39, 0.29) is 6.29 Å². The Balaban J connectivity index is 4.94. The van der Waals surface area contributed by atoms with Crippen molar-refractivity contribution < 1.29 is 54.4 Å². The summed E-state index contributed by atoms with van der Waals surface area (Å²) in [5.41, 5.74) is 0. The zero-order valence-electron chi connectivity index (χ0n) is 9.50. The lowest BCUT2D eigenvalue weighted by molar-refractivity contribution is -0.131. The van der Waals surface area contributed by atoms with Crippen LogP contribution >= 0.6 is 0 Å². The van der Waals surface area contributed by atoms with Crippen LogP contribution < -0.4 is 0 Å². The van der Waals surface area contributed by atoms with Gasteiger partial charge in [0.25, 0.3) is 0 Å². The largest absolute Gasteiger partial charge is 0.397 e. The Hall–Kier alpha value is -0.710. The standard InChI is InChI=1S/C6H12O12S2/c7-1-3(8)6(18-20(14,15)16)5(10)4(9)2-17-19(11,12)13/h1,3-6,8-10H,2H2,(H,11,12,13)(H,14,15,16)/t3-,4+,5-,6+/m0/s1. The van der Waals surface area contributed by atoms with Crippen LogP contribution in [0.25, 0.3) is 0 Å². The second-order valence-corrected chi connectivity index (χ2v) is 5.52. The first-order chi connectivity index (χ1) is 8.87. The Bertz CT molecular complexity index is 508. The van der Waals surface area contributed by atoms with Crippen molar-refractivity contribution in [3.8, 4) is 0 Å². The van der Waals surface area contributed by atoms with Gasteiger partial charge in [-0.2, -0.15) is 16.8 Å². The molecule has 14 heteroatoms. The maximum absolute atomic E-state index is 10.5. The summed E-state index contributed by atoms with van der Waals surface area (Å²) < 4.78 is 65.4. The van der Waals surface area contributed by atoms with Crippen LogP contribution in [-0.4, -0.2) is 78.6 Å². The molecule has 0 bridgehead atoms. The van der Waals surface area contributed by atoms with Gasteiger partial charge in [0.2, 0.25) is 0 Å². The first-order valence-corrected chi connectivity index (χ1v) is 7.37. The van der Waals surface area contributed by atoms with Gasteiger partial charge >= 0.3 is 20.8 Å². The minimum atomic E-state index is -5.20. The second kappa shape index (κ2) is 7.34. The first kappa shape index (κ1) is 19.3. The summed E-state index contributed by atoms with van der Waals surface area (Å²) in [5, 5.41) is 27.8. The highest BCUT2D eigenvalue weighted by Gasteiger charge is 2.37. The number of aliphatic hydroxyl groups is 3. The number of aldehydes is 1. The van der Waals surface area contributed by atoms with Crippen molar-refractivity contribution in [1.29, 1.82) is 0 Å². The molecule has 5 N–H and O–H groups in total. The van der Waals surface area contributed by atoms with Crippen LogP contribution in [0.5, 0.6) is 0 Å². The topological polar surface area (TPSA) is 205 Å². The molecule has 0 fully saturated rings. The lowest BCUT2D eigenvalue weighted by Crippen LogP contribution is -2.49. The summed E-state index contributed by atoms with van der Waals surface area (Å²) in [6, 6.07) is 0. The van der Waals surface area contributed by atoms with Crippen molar-refractivity contribution in [2.75, 3.05) is 6.61 Å². The highest BCUT2D eigenvalue weighted by Crippen LogP contribution is 2.12. The molecule has 0 amide bonds. The molecule has 0 spiro atoms. The van der Waals surface area contributed by atoms with Crippen LogP contribution in [0.4, 0.5) is 0 Å². The lowest BCUT2D eigenvalue weighted by atomic mass is 10.0. The van der Waals surface area contributed by atoms with Crippen molar-refractivity contribution in [2.45, 2.75) is 24.4 Å². The van der Waals surface area contributed by atoms with E-state index in [1.165, 1.54) is 0 Å². The van der Waals surface area contributed by atoms with Gasteiger partial charge in [-0.15, -0.1) is 0 Å². The van der Waals surface area contributed by atoms with Crippen LogP contribution in [0, 0.1) is 0 Å². The fraction of sp³-hybridized carbons (Fsp3) is 0.833. The zero-order chi connectivity index (χ0) is 16.1. The summed E-state index contributed by atoms with van der Waals surface area (Å²) in [5.74, 6) is 0. The van der Waals surface area contributed by atoms with Crippen LogP contribution in [0.2, 0.25) is 0 Å². The van der Waals surface area contributed by atoms with E-state index in [2.05, 4.69) is 8.37 Å². The number of carbonyl (C=O) groups excluding carboxylic acids is 1. The molecule has 0 radical (unpaired) electrons. The number of rotatable bonds is 9. The van der Waals surface area contributed by atoms with Crippen molar-refractivity contribution in [1.82, 2.24) is 0 Å². The molecule has 0 aliphatic carbocycles. The Morgan fingerprint density at radius 1 is 1.00 bits per heavy atom. The second-order valence-electron chi connectivity index (χ2n) is 3.39. The number of aliphatic hydroxyl groups excluding tert-OH is 3. The van der Waals surface area contributed by atoms with Crippen LogP contribution in [0.3, 0.4) is 0 Å². The number of carbonyl (C=O) groups is 1. The highest BCUT2D eigenvalue weighted by molar-refractivity contribution is 7.81. The third-order valence-electron chi connectivity index (χ3n) is 1.83. The zero-order valence-corrected chi connectivity index (χ0v) is 11.1. The van der Waals surface area contributed by atoms with E-state index in [1.807, 2.05) is 0 Å². The maximum atomic E-state index is 10.5. The first-order valence-electron chi connectivity index (χ1n) is 4.64. The Morgan fingerprint density at radius 2 is 1.50 bits per heavy atom. The minimum Gasteiger partial charge on any atom is -0.388 e. The maximum Gasteiger partial charge on any atom is 0.397 e. The molecule has 4 atom stereocenters. The molecule has 12 nitrogen and oxygen atoms in total. The summed E-state index contributed by atoms with van der Waals surface area (Å²) in [4.78, 5) is 10.3. The number of hydrogen-bond acceptors (Lipinski definition) is 10. The molecular formula is C6H12O12S2. The summed E-state index contributed by atoms with van der Waals surface area (Å²) in [6.45, 7) is -1.24. The van der Waals surface area contributed by atoms with Gasteiger partial charge in [-0.1, -0.05) is 0 Å². The van der Waals surface area contributed by atoms with E-state index in [0.29, 0.717) is 0 Å². The van der Waals surface area contributed by atoms with Crippen molar-refractivity contribution in [3.05, 3.63) is 0 Å². The summed E-state index contributed by atoms with van der Waals surface area (Å²) in [6.07, 6.45) is -9.40. The molecule has 0 aromatic heterocycles. The molecular weight excluding hydrogens is 328 g/mol. The lowest BCUT2D eigenvalue weighted by Gasteiger charge is -2.26. The SMILES string of the molecule is O=C[C@H](O)[C@@H](OS(=O)(=O)O)[C@@H](O)[C@H](O)COS(=O)(=O)O. The van der Waals surface area contributed by atoms with Crippen LogP contribution in [0.15, 0.2) is 0 Å². The smallest absolute Gasteiger partial charge is 0.388 e. The molecule has 0 aliphatic rings. The fourth-order valence-electron chi connectivity index (χ4n) is 1.01. The van der Waals surface area contributed by atoms with E-state index in [1.54, 1.807) is 0 Å². The van der Waals surface area contributed by atoms with Crippen molar-refractivity contribution in [3.63, 3.8) is 0 Å². The highest BCUT2D eigenvalue weighted by atomic mass is 32.3. The quantitative estimate of drug-likeness (QED) is 0.203. The fourth-order valence-corrected chi connectivity index (χ4v) is 1.83. The van der Waals surface area contributed by atoms with Gasteiger partial charge < -0.3 is 20.1 Å². The van der Waals surface area contributed by atoms with Crippen molar-refractivity contribution in [2.24, 2.45) is 0 Å². The van der Waals surface area contributed by atoms with Gasteiger partial charge in [-0.3, -0.25) is 9.11 Å². The van der Waals surface area contributed by atoms with E-state index in [4.69, 9.17) is 14.2 Å². The molecule has 0 aromatic carbocycles. The average molecular weight is 340 g/mol. The molecule has 120 valence electrons. The Kier molecular flexibility index (Phi) is 7.08. The minimum absolute atomic E-state index is 0.268. The molecule has 0 saturated carbocycles. The molecule has 0 aromatic rings. The monoisotopic (exact) mass is 340 g/mol. The molecule has 20 heavy (non-hydrogen) atoms.